The van der Waals surface area contributed by atoms with Gasteiger partial charge in [0.15, 0.2) is 0 Å². The fraction of sp³-hybridized carbons (Fsp3) is 0.667. The minimum absolute atomic E-state index is 0.114. The second-order valence-electron chi connectivity index (χ2n) is 6.88. The molecule has 138 valence electrons. The molecule has 2 aliphatic rings. The van der Waals surface area contributed by atoms with E-state index in [1.165, 1.54) is 0 Å². The Morgan fingerprint density at radius 3 is 2.72 bits per heavy atom. The van der Waals surface area contributed by atoms with Crippen molar-refractivity contribution in [1.82, 2.24) is 20.1 Å². The van der Waals surface area contributed by atoms with E-state index in [2.05, 4.69) is 25.0 Å². The summed E-state index contributed by atoms with van der Waals surface area (Å²) in [5, 5.41) is 12.2. The van der Waals surface area contributed by atoms with E-state index in [1.54, 1.807) is 0 Å². The molecule has 3 heterocycles. The van der Waals surface area contributed by atoms with Crippen LogP contribution < -0.4 is 10.2 Å². The van der Waals surface area contributed by atoms with E-state index < -0.39 is 0 Å². The average molecular weight is 347 g/mol. The topological polar surface area (TPSA) is 71.9 Å². The van der Waals surface area contributed by atoms with E-state index in [-0.39, 0.29) is 18.6 Å². The van der Waals surface area contributed by atoms with Crippen LogP contribution in [0.25, 0.3) is 0 Å². The number of aliphatic hydroxyl groups is 1. The summed E-state index contributed by atoms with van der Waals surface area (Å²) < 4.78 is 0. The molecule has 7 heteroatoms. The molecular formula is C18H29N5O2. The molecule has 0 aromatic carbocycles. The number of amides is 1. The predicted molar refractivity (Wildman–Crippen MR) is 97.6 cm³/mol. The van der Waals surface area contributed by atoms with Crippen LogP contribution in [0.2, 0.25) is 0 Å². The highest BCUT2D eigenvalue weighted by Crippen LogP contribution is 2.17. The molecule has 1 atom stereocenters. The van der Waals surface area contributed by atoms with E-state index in [1.807, 2.05) is 24.4 Å². The molecule has 0 bridgehead atoms. The Balaban J connectivity index is 1.42. The number of nitrogens with one attached hydrogen (secondary N) is 1. The van der Waals surface area contributed by atoms with E-state index in [9.17, 15) is 4.79 Å². The van der Waals surface area contributed by atoms with Gasteiger partial charge in [0, 0.05) is 58.1 Å². The molecule has 1 aromatic rings. The molecule has 25 heavy (non-hydrogen) atoms. The van der Waals surface area contributed by atoms with Crippen molar-refractivity contribution in [2.75, 3.05) is 63.9 Å². The molecule has 1 unspecified atom stereocenters. The Hall–Kier alpha value is -1.70. The second-order valence-corrected chi connectivity index (χ2v) is 6.88. The van der Waals surface area contributed by atoms with Crippen LogP contribution in [0.15, 0.2) is 24.4 Å². The normalized spacial score (nSPS) is 22.8. The van der Waals surface area contributed by atoms with Gasteiger partial charge in [-0.25, -0.2) is 4.98 Å². The molecule has 2 fully saturated rings. The molecule has 7 nitrogen and oxygen atoms in total. The third-order valence-electron chi connectivity index (χ3n) is 5.01. The highest BCUT2D eigenvalue weighted by molar-refractivity contribution is 5.78. The lowest BCUT2D eigenvalue weighted by molar-refractivity contribution is -0.123. The maximum atomic E-state index is 12.4. The highest BCUT2D eigenvalue weighted by atomic mass is 16.3. The highest BCUT2D eigenvalue weighted by Gasteiger charge is 2.24. The average Bonchev–Trinajstić information content (AvgIpc) is 2.64. The van der Waals surface area contributed by atoms with Crippen LogP contribution in [0.3, 0.4) is 0 Å². The van der Waals surface area contributed by atoms with Gasteiger partial charge in [-0.05, 0) is 25.0 Å². The van der Waals surface area contributed by atoms with Gasteiger partial charge < -0.3 is 15.3 Å². The second kappa shape index (κ2) is 9.12. The number of piperidine rings is 1. The number of β-amino-alcohol motifs (C(OH)–C–C–N with tert-alkyl or cyclic N) is 1. The van der Waals surface area contributed by atoms with Crippen molar-refractivity contribution >= 4 is 11.7 Å². The van der Waals surface area contributed by atoms with Gasteiger partial charge in [0.25, 0.3) is 0 Å². The number of carbonyl (C=O) groups is 1. The number of pyridine rings is 1. The maximum Gasteiger partial charge on any atom is 0.234 e. The number of nitrogens with zero attached hydrogens (tertiary/aromatic N) is 4. The van der Waals surface area contributed by atoms with Crippen LogP contribution in [-0.2, 0) is 4.79 Å². The molecule has 2 N–H and O–H groups in total. The summed E-state index contributed by atoms with van der Waals surface area (Å²) in [6.45, 7) is 6.84. The minimum atomic E-state index is 0.114. The number of hydrogen-bond acceptors (Lipinski definition) is 6. The molecular weight excluding hydrogens is 318 g/mol. The molecule has 2 aliphatic heterocycles. The van der Waals surface area contributed by atoms with Gasteiger partial charge in [-0.15, -0.1) is 0 Å². The Kier molecular flexibility index (Phi) is 6.61. The van der Waals surface area contributed by atoms with Crippen molar-refractivity contribution in [3.05, 3.63) is 24.4 Å². The lowest BCUT2D eigenvalue weighted by atomic mass is 10.1. The summed E-state index contributed by atoms with van der Waals surface area (Å²) in [4.78, 5) is 23.5. The van der Waals surface area contributed by atoms with E-state index >= 15 is 0 Å². The van der Waals surface area contributed by atoms with Crippen LogP contribution in [0, 0.1) is 0 Å². The van der Waals surface area contributed by atoms with Crippen LogP contribution in [0.4, 0.5) is 5.82 Å². The third-order valence-corrected chi connectivity index (χ3v) is 5.01. The van der Waals surface area contributed by atoms with Crippen molar-refractivity contribution in [3.8, 4) is 0 Å². The molecule has 0 saturated carbocycles. The van der Waals surface area contributed by atoms with Crippen LogP contribution in [-0.4, -0.2) is 90.8 Å². The number of anilines is 1. The zero-order valence-electron chi connectivity index (χ0n) is 14.8. The van der Waals surface area contributed by atoms with Gasteiger partial charge in [0.2, 0.25) is 5.91 Å². The summed E-state index contributed by atoms with van der Waals surface area (Å²) in [5.74, 6) is 1.10. The molecule has 2 saturated heterocycles. The smallest absolute Gasteiger partial charge is 0.234 e. The number of aliphatic hydroxyl groups excluding tert-OH is 1. The summed E-state index contributed by atoms with van der Waals surface area (Å²) >= 11 is 0. The summed E-state index contributed by atoms with van der Waals surface area (Å²) in [6, 6.07) is 6.14. The number of piperazine rings is 1. The van der Waals surface area contributed by atoms with Crippen LogP contribution in [0.5, 0.6) is 0 Å². The van der Waals surface area contributed by atoms with E-state index in [0.29, 0.717) is 6.54 Å². The lowest BCUT2D eigenvalue weighted by Gasteiger charge is -2.36. The summed E-state index contributed by atoms with van der Waals surface area (Å²) in [5.41, 5.74) is 0. The molecule has 1 aromatic heterocycles. The van der Waals surface area contributed by atoms with Crippen molar-refractivity contribution in [2.24, 2.45) is 0 Å². The SMILES string of the molecule is O=C(CN1CCN(CCO)CC1)NC1CCCN(c2ccccn2)C1. The van der Waals surface area contributed by atoms with E-state index in [0.717, 1.165) is 64.5 Å². The van der Waals surface area contributed by atoms with Crippen molar-refractivity contribution < 1.29 is 9.90 Å². The predicted octanol–water partition coefficient (Wildman–Crippen LogP) is -0.223. The third kappa shape index (κ3) is 5.39. The first kappa shape index (κ1) is 18.1. The molecule has 0 aliphatic carbocycles. The summed E-state index contributed by atoms with van der Waals surface area (Å²) in [6.07, 6.45) is 3.91. The van der Waals surface area contributed by atoms with Gasteiger partial charge in [-0.2, -0.15) is 0 Å². The monoisotopic (exact) mass is 347 g/mol. The van der Waals surface area contributed by atoms with Crippen LogP contribution >= 0.6 is 0 Å². The van der Waals surface area contributed by atoms with Crippen molar-refractivity contribution in [3.63, 3.8) is 0 Å². The van der Waals surface area contributed by atoms with Crippen LogP contribution in [0.1, 0.15) is 12.8 Å². The molecule has 3 rings (SSSR count). The maximum absolute atomic E-state index is 12.4. The summed E-state index contributed by atoms with van der Waals surface area (Å²) in [7, 11) is 0. The quantitative estimate of drug-likeness (QED) is 0.741. The minimum Gasteiger partial charge on any atom is -0.395 e. The zero-order chi connectivity index (χ0) is 17.5. The number of carbonyl (C=O) groups excluding carboxylic acids is 1. The fourth-order valence-corrected chi connectivity index (χ4v) is 3.63. The lowest BCUT2D eigenvalue weighted by Crippen LogP contribution is -2.53. The number of hydrogen-bond donors (Lipinski definition) is 2. The number of rotatable bonds is 6. The van der Waals surface area contributed by atoms with Crippen molar-refractivity contribution in [2.45, 2.75) is 18.9 Å². The zero-order valence-corrected chi connectivity index (χ0v) is 14.8. The van der Waals surface area contributed by atoms with E-state index in [4.69, 9.17) is 5.11 Å². The van der Waals surface area contributed by atoms with Gasteiger partial charge in [-0.1, -0.05) is 6.07 Å². The molecule has 0 spiro atoms. The van der Waals surface area contributed by atoms with Gasteiger partial charge >= 0.3 is 0 Å². The Morgan fingerprint density at radius 2 is 2.00 bits per heavy atom. The Bertz CT molecular complexity index is 534. The first-order valence-corrected chi connectivity index (χ1v) is 9.25. The van der Waals surface area contributed by atoms with Gasteiger partial charge in [0.1, 0.15) is 5.82 Å². The van der Waals surface area contributed by atoms with Gasteiger partial charge in [0.05, 0.1) is 13.2 Å². The molecule has 1 amide bonds. The Morgan fingerprint density at radius 1 is 1.20 bits per heavy atom. The van der Waals surface area contributed by atoms with Crippen molar-refractivity contribution in [1.29, 1.82) is 0 Å². The largest absolute Gasteiger partial charge is 0.395 e. The Labute approximate surface area is 149 Å². The standard InChI is InChI=1S/C18H29N5O2/c24-13-12-21-8-10-22(11-9-21)15-18(25)20-16-4-3-7-23(14-16)17-5-1-2-6-19-17/h1-2,5-6,16,24H,3-4,7-15H2,(H,20,25). The molecule has 0 radical (unpaired) electrons. The first-order chi connectivity index (χ1) is 12.2. The fourth-order valence-electron chi connectivity index (χ4n) is 3.63. The first-order valence-electron chi connectivity index (χ1n) is 9.25. The number of aromatic nitrogens is 1. The van der Waals surface area contributed by atoms with Gasteiger partial charge in [-0.3, -0.25) is 14.6 Å².